The smallest absolute Gasteiger partial charge is 0.242 e. The van der Waals surface area contributed by atoms with Crippen LogP contribution in [0, 0.1) is 0 Å². The van der Waals surface area contributed by atoms with Crippen molar-refractivity contribution in [3.63, 3.8) is 0 Å². The van der Waals surface area contributed by atoms with Crippen LogP contribution >= 0.6 is 0 Å². The summed E-state index contributed by atoms with van der Waals surface area (Å²) in [6.45, 7) is 1.48. The lowest BCUT2D eigenvalue weighted by molar-refractivity contribution is -0.117. The Morgan fingerprint density at radius 1 is 1.41 bits per heavy atom. The molecule has 1 unspecified atom stereocenters. The Kier molecular flexibility index (Phi) is 3.65. The van der Waals surface area contributed by atoms with Crippen molar-refractivity contribution in [2.24, 2.45) is 0 Å². The minimum Gasteiger partial charge on any atom is -0.440 e. The van der Waals surface area contributed by atoms with Crippen LogP contribution in [-0.4, -0.2) is 31.6 Å². The number of hydrogen-bond donors (Lipinski definition) is 2. The summed E-state index contributed by atoms with van der Waals surface area (Å²) in [5.74, 6) is 0.727. The lowest BCUT2D eigenvalue weighted by atomic mass is 10.2. The van der Waals surface area contributed by atoms with Gasteiger partial charge in [-0.05, 0) is 38.0 Å². The van der Waals surface area contributed by atoms with Crippen molar-refractivity contribution < 1.29 is 17.6 Å². The highest BCUT2D eigenvalue weighted by Crippen LogP contribution is 2.40. The van der Waals surface area contributed by atoms with Gasteiger partial charge in [0.05, 0.1) is 12.3 Å². The van der Waals surface area contributed by atoms with E-state index >= 15 is 0 Å². The second-order valence-corrected chi connectivity index (χ2v) is 7.39. The lowest BCUT2D eigenvalue weighted by Gasteiger charge is -2.12. The molecule has 1 heterocycles. The molecule has 0 saturated heterocycles. The van der Waals surface area contributed by atoms with Crippen molar-refractivity contribution in [2.75, 3.05) is 11.6 Å². The Morgan fingerprint density at radius 2 is 2.14 bits per heavy atom. The van der Waals surface area contributed by atoms with Gasteiger partial charge < -0.3 is 9.73 Å². The monoisotopic (exact) mass is 323 g/mol. The predicted molar refractivity (Wildman–Crippen MR) is 82.1 cm³/mol. The number of carbonyl (C=O) groups is 1. The zero-order chi connectivity index (χ0) is 15.9. The molecule has 2 N–H and O–H groups in total. The van der Waals surface area contributed by atoms with E-state index in [4.69, 9.17) is 4.42 Å². The molecular formula is C14H17N3O4S. The van der Waals surface area contributed by atoms with Gasteiger partial charge >= 0.3 is 0 Å². The van der Waals surface area contributed by atoms with Gasteiger partial charge in [0.15, 0.2) is 11.5 Å². The molecule has 1 atom stereocenters. The number of benzene rings is 1. The van der Waals surface area contributed by atoms with E-state index in [0.29, 0.717) is 22.7 Å². The molecule has 1 amide bonds. The second-order valence-electron chi connectivity index (χ2n) is 5.61. The quantitative estimate of drug-likeness (QED) is 0.870. The first-order valence-corrected chi connectivity index (χ1v) is 8.89. The van der Waals surface area contributed by atoms with Crippen molar-refractivity contribution in [1.29, 1.82) is 0 Å². The molecule has 1 saturated carbocycles. The normalized spacial score (nSPS) is 16.6. The summed E-state index contributed by atoms with van der Waals surface area (Å²) in [4.78, 5) is 16.4. The van der Waals surface area contributed by atoms with Crippen molar-refractivity contribution in [3.05, 3.63) is 24.1 Å². The Morgan fingerprint density at radius 3 is 2.77 bits per heavy atom. The molecular weight excluding hydrogens is 306 g/mol. The summed E-state index contributed by atoms with van der Waals surface area (Å²) in [7, 11) is -3.43. The van der Waals surface area contributed by atoms with Crippen molar-refractivity contribution >= 4 is 32.7 Å². The number of nitrogens with one attached hydrogen (secondary N) is 2. The zero-order valence-electron chi connectivity index (χ0n) is 12.3. The van der Waals surface area contributed by atoms with Crippen LogP contribution in [-0.2, 0) is 14.8 Å². The molecule has 8 heteroatoms. The van der Waals surface area contributed by atoms with Crippen molar-refractivity contribution in [3.8, 4) is 0 Å². The van der Waals surface area contributed by atoms with Crippen LogP contribution in [0.25, 0.3) is 11.1 Å². The summed E-state index contributed by atoms with van der Waals surface area (Å²) < 4.78 is 30.1. The van der Waals surface area contributed by atoms with Crippen molar-refractivity contribution in [1.82, 2.24) is 9.71 Å². The Labute approximate surface area is 128 Å². The maximum atomic E-state index is 12.0. The fraction of sp³-hybridized carbons (Fsp3) is 0.429. The molecule has 0 radical (unpaired) electrons. The number of aromatic nitrogens is 1. The summed E-state index contributed by atoms with van der Waals surface area (Å²) in [5.41, 5.74) is 1.92. The van der Waals surface area contributed by atoms with E-state index in [2.05, 4.69) is 15.0 Å². The van der Waals surface area contributed by atoms with E-state index in [1.807, 2.05) is 0 Å². The number of sulfonamides is 1. The Bertz CT molecular complexity index is 824. The summed E-state index contributed by atoms with van der Waals surface area (Å²) in [6.07, 6.45) is 3.22. The molecule has 2 aromatic rings. The van der Waals surface area contributed by atoms with Gasteiger partial charge in [0.1, 0.15) is 5.52 Å². The number of hydrogen-bond acceptors (Lipinski definition) is 5. The van der Waals surface area contributed by atoms with Crippen LogP contribution in [0.2, 0.25) is 0 Å². The van der Waals surface area contributed by atoms with Crippen LogP contribution < -0.4 is 10.0 Å². The third-order valence-electron chi connectivity index (χ3n) is 3.38. The first-order valence-electron chi connectivity index (χ1n) is 7.00. The minimum atomic E-state index is -3.43. The van der Waals surface area contributed by atoms with Crippen molar-refractivity contribution in [2.45, 2.75) is 31.7 Å². The molecule has 0 spiro atoms. The van der Waals surface area contributed by atoms with Gasteiger partial charge in [0.2, 0.25) is 15.9 Å². The lowest BCUT2D eigenvalue weighted by Crippen LogP contribution is -2.40. The number of amides is 1. The molecule has 7 nitrogen and oxygen atoms in total. The number of carbonyl (C=O) groups excluding carboxylic acids is 1. The summed E-state index contributed by atoms with van der Waals surface area (Å²) in [6, 6.07) is 4.31. The van der Waals surface area contributed by atoms with E-state index < -0.39 is 22.0 Å². The first kappa shape index (κ1) is 15.0. The Hall–Kier alpha value is -1.93. The average Bonchev–Trinajstić information content (AvgIpc) is 3.17. The molecule has 3 rings (SSSR count). The fourth-order valence-corrected chi connectivity index (χ4v) is 2.90. The maximum absolute atomic E-state index is 12.0. The predicted octanol–water partition coefficient (Wildman–Crippen LogP) is 1.58. The number of fused-ring (bicyclic) bond motifs is 1. The molecule has 1 aliphatic rings. The van der Waals surface area contributed by atoms with Crippen LogP contribution in [0.15, 0.2) is 22.6 Å². The molecule has 22 heavy (non-hydrogen) atoms. The molecule has 0 bridgehead atoms. The summed E-state index contributed by atoms with van der Waals surface area (Å²) in [5, 5.41) is 2.66. The molecule has 1 aliphatic carbocycles. The maximum Gasteiger partial charge on any atom is 0.242 e. The van der Waals surface area contributed by atoms with E-state index in [0.717, 1.165) is 25.0 Å². The third-order valence-corrected chi connectivity index (χ3v) is 4.16. The minimum absolute atomic E-state index is 0.421. The molecule has 0 aliphatic heterocycles. The van der Waals surface area contributed by atoms with E-state index in [-0.39, 0.29) is 0 Å². The van der Waals surface area contributed by atoms with Crippen LogP contribution in [0.5, 0.6) is 0 Å². The van der Waals surface area contributed by atoms with Crippen LogP contribution in [0.1, 0.15) is 31.6 Å². The third kappa shape index (κ3) is 3.45. The van der Waals surface area contributed by atoms with Gasteiger partial charge in [-0.15, -0.1) is 0 Å². The number of anilines is 1. The molecule has 1 aromatic carbocycles. The van der Waals surface area contributed by atoms with Crippen LogP contribution in [0.4, 0.5) is 5.69 Å². The zero-order valence-corrected chi connectivity index (χ0v) is 13.1. The largest absolute Gasteiger partial charge is 0.440 e. The molecule has 1 aromatic heterocycles. The highest BCUT2D eigenvalue weighted by Gasteiger charge is 2.29. The average molecular weight is 323 g/mol. The number of nitrogens with zero attached hydrogens (tertiary/aromatic N) is 1. The topological polar surface area (TPSA) is 101 Å². The molecule has 118 valence electrons. The summed E-state index contributed by atoms with van der Waals surface area (Å²) >= 11 is 0. The van der Waals surface area contributed by atoms with E-state index in [1.165, 1.54) is 6.92 Å². The highest BCUT2D eigenvalue weighted by atomic mass is 32.2. The second kappa shape index (κ2) is 5.36. The number of rotatable bonds is 5. The first-order chi connectivity index (χ1) is 10.3. The van der Waals surface area contributed by atoms with Gasteiger partial charge in [-0.2, -0.15) is 0 Å². The SMILES string of the molecule is CC(NS(C)(=O)=O)C(=O)Nc1ccc2oc(C3CC3)nc2c1. The van der Waals surface area contributed by atoms with Gasteiger partial charge in [-0.25, -0.2) is 18.1 Å². The fourth-order valence-electron chi connectivity index (χ4n) is 2.15. The van der Waals surface area contributed by atoms with Crippen LogP contribution in [0.3, 0.4) is 0 Å². The highest BCUT2D eigenvalue weighted by molar-refractivity contribution is 7.88. The van der Waals surface area contributed by atoms with Gasteiger partial charge in [0.25, 0.3) is 0 Å². The Balaban J connectivity index is 1.74. The standard InChI is InChI=1S/C14H17N3O4S/c1-8(17-22(2,19)20)13(18)15-10-5-6-12-11(7-10)16-14(21-12)9-3-4-9/h5-9,17H,3-4H2,1-2H3,(H,15,18). The van der Waals surface area contributed by atoms with E-state index in [1.54, 1.807) is 18.2 Å². The van der Waals surface area contributed by atoms with Gasteiger partial charge in [-0.1, -0.05) is 0 Å². The van der Waals surface area contributed by atoms with Gasteiger partial charge in [0, 0.05) is 11.6 Å². The van der Waals surface area contributed by atoms with E-state index in [9.17, 15) is 13.2 Å². The number of oxazole rings is 1. The molecule has 1 fully saturated rings. The van der Waals surface area contributed by atoms with Gasteiger partial charge in [-0.3, -0.25) is 4.79 Å².